The van der Waals surface area contributed by atoms with Crippen molar-refractivity contribution in [1.82, 2.24) is 10.2 Å². The van der Waals surface area contributed by atoms with Crippen molar-refractivity contribution in [3.8, 4) is 0 Å². The van der Waals surface area contributed by atoms with E-state index in [1.54, 1.807) is 4.90 Å². The first-order valence-corrected chi connectivity index (χ1v) is 8.71. The maximum atomic E-state index is 12.9. The number of amides is 1. The normalized spacial score (nSPS) is 10.6. The average Bonchev–Trinajstić information content (AvgIpc) is 3.01. The number of nitrogens with zero attached hydrogens (tertiary/aromatic N) is 3. The zero-order chi connectivity index (χ0) is 16.9. The summed E-state index contributed by atoms with van der Waals surface area (Å²) in [7, 11) is 0. The van der Waals surface area contributed by atoms with Gasteiger partial charge in [-0.1, -0.05) is 71.5 Å². The number of hydrogen-bond donors (Lipinski definition) is 0. The van der Waals surface area contributed by atoms with Crippen molar-refractivity contribution in [1.29, 1.82) is 0 Å². The van der Waals surface area contributed by atoms with Crippen molar-refractivity contribution >= 4 is 34.0 Å². The monoisotopic (exact) mass is 357 g/mol. The van der Waals surface area contributed by atoms with E-state index in [1.165, 1.54) is 11.3 Å². The van der Waals surface area contributed by atoms with E-state index >= 15 is 0 Å². The van der Waals surface area contributed by atoms with E-state index in [4.69, 9.17) is 11.6 Å². The summed E-state index contributed by atoms with van der Waals surface area (Å²) in [5, 5.41) is 10.2. The van der Waals surface area contributed by atoms with Crippen LogP contribution >= 0.6 is 22.9 Å². The average molecular weight is 358 g/mol. The number of aromatic nitrogens is 2. The Balaban J connectivity index is 1.87. The van der Waals surface area contributed by atoms with Gasteiger partial charge < -0.3 is 0 Å². The van der Waals surface area contributed by atoms with Crippen molar-refractivity contribution in [3.63, 3.8) is 0 Å². The lowest BCUT2D eigenvalue weighted by atomic mass is 10.1. The number of anilines is 1. The molecule has 0 aliphatic rings. The van der Waals surface area contributed by atoms with Crippen LogP contribution in [0.5, 0.6) is 0 Å². The Morgan fingerprint density at radius 2 is 1.79 bits per heavy atom. The molecule has 6 heteroatoms. The quantitative estimate of drug-likeness (QED) is 0.684. The molecule has 0 aliphatic heterocycles. The van der Waals surface area contributed by atoms with Gasteiger partial charge >= 0.3 is 0 Å². The minimum Gasteiger partial charge on any atom is -0.282 e. The molecule has 0 aliphatic carbocycles. The van der Waals surface area contributed by atoms with Gasteiger partial charge in [0.1, 0.15) is 5.01 Å². The van der Waals surface area contributed by atoms with Crippen molar-refractivity contribution in [2.24, 2.45) is 0 Å². The van der Waals surface area contributed by atoms with Crippen molar-refractivity contribution < 1.29 is 4.79 Å². The lowest BCUT2D eigenvalue weighted by Gasteiger charge is -2.20. The third-order valence-electron chi connectivity index (χ3n) is 3.53. The van der Waals surface area contributed by atoms with E-state index in [0.717, 1.165) is 16.1 Å². The molecule has 0 saturated carbocycles. The predicted molar refractivity (Wildman–Crippen MR) is 97.4 cm³/mol. The summed E-state index contributed by atoms with van der Waals surface area (Å²) in [6, 6.07) is 17.2. The van der Waals surface area contributed by atoms with Crippen molar-refractivity contribution in [3.05, 3.63) is 75.8 Å². The fraction of sp³-hybridized carbons (Fsp3) is 0.167. The minimum atomic E-state index is -0.0303. The van der Waals surface area contributed by atoms with Crippen LogP contribution in [0.3, 0.4) is 0 Å². The number of benzene rings is 2. The number of carbonyl (C=O) groups is 1. The first kappa shape index (κ1) is 16.6. The SMILES string of the molecule is Cc1nnc(N(Cc2ccccc2Cl)C(=O)Cc2ccccc2)s1. The molecule has 0 N–H and O–H groups in total. The van der Waals surface area contributed by atoms with Crippen LogP contribution in [-0.2, 0) is 17.8 Å². The van der Waals surface area contributed by atoms with Crippen LogP contribution in [0.2, 0.25) is 5.02 Å². The Hall–Kier alpha value is -2.24. The molecule has 122 valence electrons. The lowest BCUT2D eigenvalue weighted by Crippen LogP contribution is -2.31. The molecule has 0 fully saturated rings. The topological polar surface area (TPSA) is 46.1 Å². The Morgan fingerprint density at radius 1 is 1.08 bits per heavy atom. The second kappa shape index (κ2) is 7.55. The van der Waals surface area contributed by atoms with Gasteiger partial charge in [0.25, 0.3) is 0 Å². The summed E-state index contributed by atoms with van der Waals surface area (Å²) >= 11 is 7.65. The third kappa shape index (κ3) is 3.99. The third-order valence-corrected chi connectivity index (χ3v) is 4.76. The van der Waals surface area contributed by atoms with Crippen LogP contribution in [0.15, 0.2) is 54.6 Å². The Morgan fingerprint density at radius 3 is 2.46 bits per heavy atom. The smallest absolute Gasteiger partial charge is 0.233 e. The van der Waals surface area contributed by atoms with Gasteiger partial charge in [0.05, 0.1) is 13.0 Å². The van der Waals surface area contributed by atoms with Gasteiger partial charge in [0, 0.05) is 5.02 Å². The highest BCUT2D eigenvalue weighted by atomic mass is 35.5. The summed E-state index contributed by atoms with van der Waals surface area (Å²) in [5.41, 5.74) is 1.85. The predicted octanol–water partition coefficient (Wildman–Crippen LogP) is 4.28. The second-order valence-electron chi connectivity index (χ2n) is 5.34. The van der Waals surface area contributed by atoms with Crippen molar-refractivity contribution in [2.45, 2.75) is 19.9 Å². The maximum Gasteiger partial charge on any atom is 0.233 e. The van der Waals surface area contributed by atoms with Gasteiger partial charge in [-0.3, -0.25) is 9.69 Å². The molecule has 1 amide bonds. The van der Waals surface area contributed by atoms with Gasteiger partial charge in [-0.05, 0) is 24.1 Å². The van der Waals surface area contributed by atoms with E-state index in [-0.39, 0.29) is 5.91 Å². The molecule has 0 atom stereocenters. The summed E-state index contributed by atoms with van der Waals surface area (Å²) in [6.07, 6.45) is 0.309. The summed E-state index contributed by atoms with van der Waals surface area (Å²) in [4.78, 5) is 14.5. The molecular weight excluding hydrogens is 342 g/mol. The van der Waals surface area contributed by atoms with E-state index in [0.29, 0.717) is 23.1 Å². The van der Waals surface area contributed by atoms with Crippen molar-refractivity contribution in [2.75, 3.05) is 4.90 Å². The van der Waals surface area contributed by atoms with Gasteiger partial charge in [-0.15, -0.1) is 10.2 Å². The van der Waals surface area contributed by atoms with Crippen LogP contribution in [0, 0.1) is 6.92 Å². The molecule has 4 nitrogen and oxygen atoms in total. The van der Waals surface area contributed by atoms with Crippen LogP contribution in [-0.4, -0.2) is 16.1 Å². The Labute approximate surface area is 149 Å². The maximum absolute atomic E-state index is 12.9. The number of halogens is 1. The molecule has 1 aromatic heterocycles. The molecule has 0 unspecified atom stereocenters. The standard InChI is InChI=1S/C18H16ClN3OS/c1-13-20-21-18(24-13)22(12-15-9-5-6-10-16(15)19)17(23)11-14-7-3-2-4-8-14/h2-10H,11-12H2,1H3. The van der Waals surface area contributed by atoms with Crippen LogP contribution < -0.4 is 4.90 Å². The van der Waals surface area contributed by atoms with Gasteiger partial charge in [-0.25, -0.2) is 0 Å². The fourth-order valence-electron chi connectivity index (χ4n) is 2.32. The zero-order valence-electron chi connectivity index (χ0n) is 13.1. The van der Waals surface area contributed by atoms with Crippen LogP contribution in [0.1, 0.15) is 16.1 Å². The first-order chi connectivity index (χ1) is 11.6. The highest BCUT2D eigenvalue weighted by Crippen LogP contribution is 2.25. The highest BCUT2D eigenvalue weighted by molar-refractivity contribution is 7.15. The highest BCUT2D eigenvalue weighted by Gasteiger charge is 2.21. The molecule has 0 spiro atoms. The van der Waals surface area contributed by atoms with Gasteiger partial charge in [0.2, 0.25) is 11.0 Å². The number of hydrogen-bond acceptors (Lipinski definition) is 4. The minimum absolute atomic E-state index is 0.0303. The lowest BCUT2D eigenvalue weighted by molar-refractivity contribution is -0.118. The largest absolute Gasteiger partial charge is 0.282 e. The van der Waals surface area contributed by atoms with Gasteiger partial charge in [0.15, 0.2) is 0 Å². The molecule has 0 bridgehead atoms. The molecule has 0 saturated heterocycles. The first-order valence-electron chi connectivity index (χ1n) is 7.51. The summed E-state index contributed by atoms with van der Waals surface area (Å²) in [5.74, 6) is -0.0303. The number of aryl methyl sites for hydroxylation is 1. The molecule has 3 aromatic rings. The Kier molecular flexibility index (Phi) is 5.23. The van der Waals surface area contributed by atoms with Crippen LogP contribution in [0.25, 0.3) is 0 Å². The molecule has 24 heavy (non-hydrogen) atoms. The van der Waals surface area contributed by atoms with Crippen LogP contribution in [0.4, 0.5) is 5.13 Å². The Bertz CT molecular complexity index is 835. The van der Waals surface area contributed by atoms with Gasteiger partial charge in [-0.2, -0.15) is 0 Å². The molecular formula is C18H16ClN3OS. The zero-order valence-corrected chi connectivity index (χ0v) is 14.7. The van der Waals surface area contributed by atoms with E-state index in [1.807, 2.05) is 61.5 Å². The number of carbonyl (C=O) groups excluding carboxylic acids is 1. The molecule has 2 aromatic carbocycles. The summed E-state index contributed by atoms with van der Waals surface area (Å²) in [6.45, 7) is 2.25. The summed E-state index contributed by atoms with van der Waals surface area (Å²) < 4.78 is 0. The second-order valence-corrected chi connectivity index (χ2v) is 6.90. The van der Waals surface area contributed by atoms with E-state index in [9.17, 15) is 4.79 Å². The fourth-order valence-corrected chi connectivity index (χ4v) is 3.22. The van der Waals surface area contributed by atoms with E-state index < -0.39 is 0 Å². The molecule has 3 rings (SSSR count). The molecule has 1 heterocycles. The van der Waals surface area contributed by atoms with E-state index in [2.05, 4.69) is 10.2 Å². The molecule has 0 radical (unpaired) electrons. The number of rotatable bonds is 5.